The van der Waals surface area contributed by atoms with E-state index in [1.165, 1.54) is 0 Å². The maximum atomic E-state index is 11.2. The van der Waals surface area contributed by atoms with Crippen LogP contribution in [0.3, 0.4) is 0 Å². The first-order valence-electron chi connectivity index (χ1n) is 4.70. The van der Waals surface area contributed by atoms with Crippen molar-refractivity contribution in [3.05, 3.63) is 0 Å². The van der Waals surface area contributed by atoms with Gasteiger partial charge in [-0.05, 0) is 0 Å². The second-order valence-corrected chi connectivity index (χ2v) is 4.79. The Balaban J connectivity index is 4.14. The number of esters is 1. The number of carbonyl (C=O) groups is 4. The van der Waals surface area contributed by atoms with E-state index >= 15 is 0 Å². The minimum absolute atomic E-state index is 0.151. The summed E-state index contributed by atoms with van der Waals surface area (Å²) in [5.41, 5.74) is 0. The maximum absolute atomic E-state index is 11.2. The van der Waals surface area contributed by atoms with E-state index in [2.05, 4.69) is 4.74 Å². The molecule has 0 aromatic carbocycles. The Kier molecular flexibility index (Phi) is 6.93. The van der Waals surface area contributed by atoms with Crippen molar-refractivity contribution in [2.75, 3.05) is 0 Å². The predicted molar refractivity (Wildman–Crippen MR) is 53.0 cm³/mol. The van der Waals surface area contributed by atoms with Gasteiger partial charge in [-0.1, -0.05) is 0 Å². The van der Waals surface area contributed by atoms with Gasteiger partial charge in [0.25, 0.3) is 0 Å². The zero-order chi connectivity index (χ0) is 14.1. The molecule has 0 saturated heterocycles. The number of hydrogen-bond donors (Lipinski definition) is 2. The zero-order valence-electron chi connectivity index (χ0n) is 9.42. The summed E-state index contributed by atoms with van der Waals surface area (Å²) in [6, 6.07) is 0. The fourth-order valence-electron chi connectivity index (χ4n) is 0.798. The number of ether oxygens (including phenoxy) is 1. The Morgan fingerprint density at radius 3 is 2.41 bits per heavy atom. The molecule has 0 fully saturated rings. The predicted octanol–water partition coefficient (Wildman–Crippen LogP) is -3.30. The SMILES string of the molecule is [3H][I-]SC(=O)CCC(=O)O[C@H](CC(=O)O)C(=O)O. The first-order valence-corrected chi connectivity index (χ1v) is 7.68. The quantitative estimate of drug-likeness (QED) is 0.333. The fraction of sp³-hybridized carbons (Fsp3) is 0.500. The van der Waals surface area contributed by atoms with Crippen LogP contribution in [0.1, 0.15) is 19.3 Å². The van der Waals surface area contributed by atoms with Gasteiger partial charge in [0.15, 0.2) is 0 Å². The van der Waals surface area contributed by atoms with Crippen LogP contribution in [0.5, 0.6) is 0 Å². The molecule has 0 aliphatic rings. The summed E-state index contributed by atoms with van der Waals surface area (Å²) in [6.45, 7) is 0. The van der Waals surface area contributed by atoms with Crippen LogP contribution in [0.4, 0.5) is 0 Å². The van der Waals surface area contributed by atoms with Gasteiger partial charge in [0, 0.05) is 0 Å². The van der Waals surface area contributed by atoms with E-state index in [-0.39, 0.29) is 18.0 Å². The molecule has 0 aromatic heterocycles. The first-order chi connectivity index (χ1) is 8.36. The van der Waals surface area contributed by atoms with Crippen LogP contribution in [0.2, 0.25) is 0 Å². The van der Waals surface area contributed by atoms with Crippen molar-refractivity contribution in [2.24, 2.45) is 0 Å². The van der Waals surface area contributed by atoms with Gasteiger partial charge >= 0.3 is 113 Å². The molecule has 0 aliphatic carbocycles. The molecular weight excluding hydrogens is 367 g/mol. The number of carboxylic acids is 2. The average molecular weight is 379 g/mol. The third kappa shape index (κ3) is 7.96. The molecule has 2 N–H and O–H groups in total. The number of hydrogen-bond acceptors (Lipinski definition) is 6. The van der Waals surface area contributed by atoms with Crippen LogP contribution >= 0.6 is 8.93 Å². The van der Waals surface area contributed by atoms with Crippen LogP contribution in [-0.2, 0) is 23.9 Å². The molecule has 0 bridgehead atoms. The molecule has 0 aliphatic heterocycles. The fourth-order valence-corrected chi connectivity index (χ4v) is 1.64. The van der Waals surface area contributed by atoms with Gasteiger partial charge in [0.2, 0.25) is 0 Å². The Morgan fingerprint density at radius 1 is 1.29 bits per heavy atom. The average Bonchev–Trinajstić information content (AvgIpc) is 2.25. The number of aliphatic carboxylic acids is 2. The molecule has 9 heteroatoms. The monoisotopic (exact) mass is 379 g/mol. The van der Waals surface area contributed by atoms with E-state index in [1.807, 2.05) is 0 Å². The first kappa shape index (κ1) is 14.2. The number of halogens is 1. The van der Waals surface area contributed by atoms with Gasteiger partial charge in [-0.3, -0.25) is 0 Å². The molecule has 0 heterocycles. The van der Waals surface area contributed by atoms with E-state index < -0.39 is 51.4 Å². The molecular formula is C8H10IO7S-. The standard InChI is InChI=1S/C8H10IO7S/c9-17-7(13)2-1-6(12)16-4(8(14)15)3-5(10)11/h4,9H,1-3H2,(H,10,11)(H,14,15)/q-1/t4-/m1/s1/i9T. The van der Waals surface area contributed by atoms with Gasteiger partial charge < -0.3 is 0 Å². The van der Waals surface area contributed by atoms with E-state index in [1.54, 1.807) is 0 Å². The molecule has 17 heavy (non-hydrogen) atoms. The van der Waals surface area contributed by atoms with Crippen molar-refractivity contribution >= 4 is 32.0 Å². The van der Waals surface area contributed by atoms with Gasteiger partial charge in [0.1, 0.15) is 0 Å². The molecule has 0 saturated carbocycles. The number of rotatable bonds is 8. The third-order valence-corrected chi connectivity index (χ3v) is 3.38. The molecule has 0 rings (SSSR count). The van der Waals surface area contributed by atoms with Crippen LogP contribution < -0.4 is 21.0 Å². The number of carboxylic acid groups (broad SMARTS) is 2. The Hall–Kier alpha value is -0.840. The Morgan fingerprint density at radius 2 is 1.94 bits per heavy atom. The molecule has 7 nitrogen and oxygen atoms in total. The second kappa shape index (κ2) is 8.28. The van der Waals surface area contributed by atoms with Gasteiger partial charge in [-0.25, -0.2) is 0 Å². The van der Waals surface area contributed by atoms with Gasteiger partial charge in [0.05, 0.1) is 0 Å². The molecule has 0 spiro atoms. The summed E-state index contributed by atoms with van der Waals surface area (Å²) < 4.78 is 11.3. The van der Waals surface area contributed by atoms with Crippen LogP contribution in [0.15, 0.2) is 0 Å². The summed E-state index contributed by atoms with van der Waals surface area (Å²) in [5, 5.41) is 16.7. The van der Waals surface area contributed by atoms with Crippen LogP contribution in [0, 0.1) is 0 Å². The summed E-state index contributed by atoms with van der Waals surface area (Å²) in [5.74, 6) is -3.90. The zero-order valence-corrected chi connectivity index (χ0v) is 11.4. The van der Waals surface area contributed by atoms with Crippen LogP contribution in [0.25, 0.3) is 0 Å². The molecule has 0 amide bonds. The molecule has 1 atom stereocenters. The molecule has 98 valence electrons. The van der Waals surface area contributed by atoms with Crippen molar-refractivity contribution < 1.29 is 55.1 Å². The van der Waals surface area contributed by atoms with Gasteiger partial charge in [-0.15, -0.1) is 0 Å². The summed E-state index contributed by atoms with van der Waals surface area (Å²) >= 11 is -1.01. The van der Waals surface area contributed by atoms with Crippen molar-refractivity contribution in [3.63, 3.8) is 0 Å². The van der Waals surface area contributed by atoms with Crippen molar-refractivity contribution in [1.29, 1.82) is 0.594 Å². The van der Waals surface area contributed by atoms with E-state index in [0.717, 1.165) is 8.93 Å². The Bertz CT molecular complexity index is 348. The van der Waals surface area contributed by atoms with Crippen molar-refractivity contribution in [2.45, 2.75) is 25.4 Å². The van der Waals surface area contributed by atoms with Crippen molar-refractivity contribution in [3.8, 4) is 0 Å². The molecule has 0 unspecified atom stereocenters. The molecule has 0 aromatic rings. The van der Waals surface area contributed by atoms with Gasteiger partial charge in [-0.2, -0.15) is 0 Å². The summed E-state index contributed by atoms with van der Waals surface area (Å²) in [6.07, 6.45) is -3.05. The Labute approximate surface area is 113 Å². The van der Waals surface area contributed by atoms with Crippen molar-refractivity contribution in [1.82, 2.24) is 0 Å². The normalized spacial score (nSPS) is 12.6. The van der Waals surface area contributed by atoms with E-state index in [0.29, 0.717) is 0 Å². The minimum atomic E-state index is -1.75. The molecule has 0 radical (unpaired) electrons. The second-order valence-electron chi connectivity index (χ2n) is 2.86. The van der Waals surface area contributed by atoms with E-state index in [9.17, 15) is 19.2 Å². The van der Waals surface area contributed by atoms with E-state index in [4.69, 9.17) is 10.8 Å². The number of carbonyl (C=O) groups excluding carboxylic acids is 2. The van der Waals surface area contributed by atoms with Crippen LogP contribution in [-0.4, -0.2) is 39.9 Å². The summed E-state index contributed by atoms with van der Waals surface area (Å²) in [4.78, 5) is 43.1. The topological polar surface area (TPSA) is 118 Å². The third-order valence-electron chi connectivity index (χ3n) is 1.53. The summed E-state index contributed by atoms with van der Waals surface area (Å²) in [7, 11) is 0.829.